The van der Waals surface area contributed by atoms with Crippen molar-refractivity contribution in [3.63, 3.8) is 0 Å². The maximum atomic E-state index is 11.3. The molecule has 1 heterocycles. The van der Waals surface area contributed by atoms with Crippen LogP contribution < -0.4 is 11.1 Å². The van der Waals surface area contributed by atoms with Gasteiger partial charge in [0.05, 0.1) is 0 Å². The minimum absolute atomic E-state index is 0.0330. The van der Waals surface area contributed by atoms with Crippen molar-refractivity contribution in [2.75, 3.05) is 12.3 Å². The average molecular weight is 196 g/mol. The number of nitrogen functional groups attached to an aromatic ring is 1. The zero-order valence-electron chi connectivity index (χ0n) is 8.58. The number of rotatable bonds is 4. The van der Waals surface area contributed by atoms with E-state index in [1.807, 2.05) is 13.8 Å². The number of aromatic nitrogens is 2. The summed E-state index contributed by atoms with van der Waals surface area (Å²) in [5.74, 6) is 0.447. The largest absolute Gasteiger partial charge is 0.382 e. The molecule has 5 nitrogen and oxygen atoms in total. The molecule has 0 unspecified atom stereocenters. The van der Waals surface area contributed by atoms with Crippen LogP contribution in [0, 0.1) is 6.92 Å². The molecule has 3 N–H and O–H groups in total. The van der Waals surface area contributed by atoms with E-state index < -0.39 is 0 Å². The first-order valence-electron chi connectivity index (χ1n) is 4.69. The predicted molar refractivity (Wildman–Crippen MR) is 54.7 cm³/mol. The Labute approximate surface area is 83.3 Å². The van der Waals surface area contributed by atoms with Crippen LogP contribution in [-0.2, 0) is 11.3 Å². The van der Waals surface area contributed by atoms with Crippen LogP contribution in [0.2, 0.25) is 0 Å². The van der Waals surface area contributed by atoms with E-state index in [1.165, 1.54) is 0 Å². The summed E-state index contributed by atoms with van der Waals surface area (Å²) < 4.78 is 1.55. The fourth-order valence-electron chi connectivity index (χ4n) is 1.08. The van der Waals surface area contributed by atoms with E-state index >= 15 is 0 Å². The van der Waals surface area contributed by atoms with Crippen LogP contribution in [-0.4, -0.2) is 22.2 Å². The summed E-state index contributed by atoms with van der Waals surface area (Å²) in [6.45, 7) is 4.81. The van der Waals surface area contributed by atoms with E-state index in [-0.39, 0.29) is 12.5 Å². The zero-order chi connectivity index (χ0) is 10.6. The van der Waals surface area contributed by atoms with Crippen molar-refractivity contribution in [2.24, 2.45) is 0 Å². The Morgan fingerprint density at radius 1 is 1.71 bits per heavy atom. The number of carbonyl (C=O) groups excluding carboxylic acids is 1. The van der Waals surface area contributed by atoms with E-state index in [0.717, 1.165) is 12.0 Å². The number of hydrogen-bond acceptors (Lipinski definition) is 3. The molecule has 0 saturated carbocycles. The molecular weight excluding hydrogens is 180 g/mol. The first-order valence-corrected chi connectivity index (χ1v) is 4.69. The maximum absolute atomic E-state index is 11.3. The maximum Gasteiger partial charge on any atom is 0.241 e. The van der Waals surface area contributed by atoms with E-state index in [4.69, 9.17) is 5.73 Å². The third-order valence-corrected chi connectivity index (χ3v) is 1.86. The van der Waals surface area contributed by atoms with Crippen LogP contribution in [0.3, 0.4) is 0 Å². The SMILES string of the molecule is CCCNC(=O)Cn1cc(C)c(N)n1. The van der Waals surface area contributed by atoms with Gasteiger partial charge < -0.3 is 11.1 Å². The van der Waals surface area contributed by atoms with Gasteiger partial charge in [0.1, 0.15) is 12.4 Å². The fraction of sp³-hybridized carbons (Fsp3) is 0.556. The minimum atomic E-state index is -0.0330. The Bertz CT molecular complexity index is 299. The molecule has 0 aromatic carbocycles. The van der Waals surface area contributed by atoms with Crippen molar-refractivity contribution in [2.45, 2.75) is 26.8 Å². The fourth-order valence-corrected chi connectivity index (χ4v) is 1.08. The summed E-state index contributed by atoms with van der Waals surface area (Å²) in [7, 11) is 0. The monoisotopic (exact) mass is 196 g/mol. The van der Waals surface area contributed by atoms with Crippen molar-refractivity contribution in [1.29, 1.82) is 0 Å². The normalized spacial score (nSPS) is 10.1. The second kappa shape index (κ2) is 4.64. The number of aryl methyl sites for hydroxylation is 1. The van der Waals surface area contributed by atoms with Crippen LogP contribution in [0.25, 0.3) is 0 Å². The molecule has 1 aromatic rings. The van der Waals surface area contributed by atoms with Crippen molar-refractivity contribution in [3.8, 4) is 0 Å². The zero-order valence-corrected chi connectivity index (χ0v) is 8.58. The lowest BCUT2D eigenvalue weighted by Gasteiger charge is -2.02. The Kier molecular flexibility index (Phi) is 3.50. The summed E-state index contributed by atoms with van der Waals surface area (Å²) in [5.41, 5.74) is 6.45. The Morgan fingerprint density at radius 3 is 2.93 bits per heavy atom. The van der Waals surface area contributed by atoms with Gasteiger partial charge in [0, 0.05) is 18.3 Å². The molecule has 0 bridgehead atoms. The Morgan fingerprint density at radius 2 is 2.43 bits per heavy atom. The van der Waals surface area contributed by atoms with E-state index in [1.54, 1.807) is 10.9 Å². The van der Waals surface area contributed by atoms with E-state index in [9.17, 15) is 4.79 Å². The lowest BCUT2D eigenvalue weighted by atomic mass is 10.4. The molecule has 0 radical (unpaired) electrons. The summed E-state index contributed by atoms with van der Waals surface area (Å²) >= 11 is 0. The predicted octanol–water partition coefficient (Wildman–Crippen LogP) is 0.300. The molecule has 0 aliphatic heterocycles. The molecule has 1 amide bonds. The highest BCUT2D eigenvalue weighted by atomic mass is 16.2. The lowest BCUT2D eigenvalue weighted by Crippen LogP contribution is -2.28. The van der Waals surface area contributed by atoms with Crippen LogP contribution in [0.4, 0.5) is 5.82 Å². The summed E-state index contributed by atoms with van der Waals surface area (Å²) in [6.07, 6.45) is 2.70. The van der Waals surface area contributed by atoms with Crippen molar-refractivity contribution in [1.82, 2.24) is 15.1 Å². The molecule has 0 atom stereocenters. The highest BCUT2D eigenvalue weighted by Crippen LogP contribution is 2.05. The van der Waals surface area contributed by atoms with Crippen molar-refractivity contribution < 1.29 is 4.79 Å². The number of amides is 1. The third kappa shape index (κ3) is 2.76. The number of hydrogen-bond donors (Lipinski definition) is 2. The van der Waals surface area contributed by atoms with Gasteiger partial charge >= 0.3 is 0 Å². The topological polar surface area (TPSA) is 72.9 Å². The average Bonchev–Trinajstić information content (AvgIpc) is 2.42. The standard InChI is InChI=1S/C9H16N4O/c1-3-4-11-8(14)6-13-5-7(2)9(10)12-13/h5H,3-4,6H2,1-2H3,(H2,10,12)(H,11,14). The molecule has 14 heavy (non-hydrogen) atoms. The molecule has 0 spiro atoms. The number of nitrogens with two attached hydrogens (primary N) is 1. The van der Waals surface area contributed by atoms with Gasteiger partial charge in [-0.3, -0.25) is 9.48 Å². The first-order chi connectivity index (χ1) is 6.63. The van der Waals surface area contributed by atoms with Crippen LogP contribution in [0.5, 0.6) is 0 Å². The number of carbonyl (C=O) groups is 1. The van der Waals surface area contributed by atoms with Gasteiger partial charge in [-0.05, 0) is 13.3 Å². The van der Waals surface area contributed by atoms with Gasteiger partial charge in [-0.15, -0.1) is 0 Å². The molecule has 0 aliphatic rings. The number of nitrogens with zero attached hydrogens (tertiary/aromatic N) is 2. The highest BCUT2D eigenvalue weighted by molar-refractivity contribution is 5.75. The van der Waals surface area contributed by atoms with Gasteiger partial charge in [-0.1, -0.05) is 6.92 Å². The molecule has 0 fully saturated rings. The highest BCUT2D eigenvalue weighted by Gasteiger charge is 2.04. The molecule has 78 valence electrons. The molecule has 1 rings (SSSR count). The lowest BCUT2D eigenvalue weighted by molar-refractivity contribution is -0.121. The van der Waals surface area contributed by atoms with Gasteiger partial charge in [0.2, 0.25) is 5.91 Å². The van der Waals surface area contributed by atoms with Crippen LogP contribution >= 0.6 is 0 Å². The summed E-state index contributed by atoms with van der Waals surface area (Å²) in [4.78, 5) is 11.3. The molecular formula is C9H16N4O. The van der Waals surface area contributed by atoms with Gasteiger partial charge in [-0.2, -0.15) is 5.10 Å². The summed E-state index contributed by atoms with van der Waals surface area (Å²) in [5, 5.41) is 6.76. The van der Waals surface area contributed by atoms with Crippen molar-refractivity contribution >= 4 is 11.7 Å². The third-order valence-electron chi connectivity index (χ3n) is 1.86. The Hall–Kier alpha value is -1.52. The molecule has 0 aliphatic carbocycles. The molecule has 1 aromatic heterocycles. The van der Waals surface area contributed by atoms with Gasteiger partial charge in [-0.25, -0.2) is 0 Å². The Balaban J connectivity index is 2.48. The number of anilines is 1. The van der Waals surface area contributed by atoms with Gasteiger partial charge in [0.15, 0.2) is 0 Å². The van der Waals surface area contributed by atoms with E-state index in [2.05, 4.69) is 10.4 Å². The van der Waals surface area contributed by atoms with Crippen LogP contribution in [0.1, 0.15) is 18.9 Å². The minimum Gasteiger partial charge on any atom is -0.382 e. The summed E-state index contributed by atoms with van der Waals surface area (Å²) in [6, 6.07) is 0. The van der Waals surface area contributed by atoms with Crippen molar-refractivity contribution in [3.05, 3.63) is 11.8 Å². The first kappa shape index (κ1) is 10.6. The van der Waals surface area contributed by atoms with E-state index in [0.29, 0.717) is 12.4 Å². The van der Waals surface area contributed by atoms with Gasteiger partial charge in [0.25, 0.3) is 0 Å². The number of nitrogens with one attached hydrogen (secondary N) is 1. The smallest absolute Gasteiger partial charge is 0.241 e. The molecule has 5 heteroatoms. The molecule has 0 saturated heterocycles. The van der Waals surface area contributed by atoms with Crippen LogP contribution in [0.15, 0.2) is 6.20 Å². The second-order valence-corrected chi connectivity index (χ2v) is 3.24. The quantitative estimate of drug-likeness (QED) is 0.727. The second-order valence-electron chi connectivity index (χ2n) is 3.24.